The highest BCUT2D eigenvalue weighted by Crippen LogP contribution is 2.68. The van der Waals surface area contributed by atoms with Crippen molar-refractivity contribution >= 4 is 11.9 Å². The zero-order valence-electron chi connectivity index (χ0n) is 24.7. The SMILES string of the molecule is COC(=O)[C@@H](Cc1ccccc1)NC(=O)CC[C@@H](C)[C@H]1CC[C@H]2[C@@H]3CC[C@@H]4C[C@H](O)CC[C@]4(C)[C@H]3CC[C@]12C. The number of ether oxygens (including phenoxy) is 1. The fourth-order valence-corrected chi connectivity index (χ4v) is 10.2. The molecule has 5 nitrogen and oxygen atoms in total. The van der Waals surface area contributed by atoms with Crippen molar-refractivity contribution in [3.63, 3.8) is 0 Å². The lowest BCUT2D eigenvalue weighted by Crippen LogP contribution is -2.54. The Morgan fingerprint density at radius 2 is 1.72 bits per heavy atom. The normalized spacial score (nSPS) is 39.0. The number of hydrogen-bond acceptors (Lipinski definition) is 4. The first-order valence-electron chi connectivity index (χ1n) is 15.7. The van der Waals surface area contributed by atoms with Gasteiger partial charge in [0.25, 0.3) is 0 Å². The maximum Gasteiger partial charge on any atom is 0.328 e. The fraction of sp³-hybridized carbons (Fsp3) is 0.765. The smallest absolute Gasteiger partial charge is 0.328 e. The first kappa shape index (κ1) is 28.6. The van der Waals surface area contributed by atoms with E-state index < -0.39 is 6.04 Å². The number of carbonyl (C=O) groups is 2. The van der Waals surface area contributed by atoms with Crippen molar-refractivity contribution in [2.45, 2.75) is 110 Å². The molecule has 4 fully saturated rings. The van der Waals surface area contributed by atoms with Crippen LogP contribution >= 0.6 is 0 Å². The first-order chi connectivity index (χ1) is 18.7. The number of methoxy groups -OCH3 is 1. The van der Waals surface area contributed by atoms with E-state index in [1.54, 1.807) is 0 Å². The summed E-state index contributed by atoms with van der Waals surface area (Å²) in [6.45, 7) is 7.50. The molecule has 0 heterocycles. The third kappa shape index (κ3) is 5.54. The number of rotatable bonds is 8. The Morgan fingerprint density at radius 3 is 2.46 bits per heavy atom. The lowest BCUT2D eigenvalue weighted by atomic mass is 9.44. The molecule has 0 aliphatic heterocycles. The molecule has 0 radical (unpaired) electrons. The van der Waals surface area contributed by atoms with Crippen LogP contribution in [0.3, 0.4) is 0 Å². The average Bonchev–Trinajstić information content (AvgIpc) is 3.29. The van der Waals surface area contributed by atoms with Gasteiger partial charge in [0, 0.05) is 12.8 Å². The van der Waals surface area contributed by atoms with Gasteiger partial charge in [-0.05, 0) is 116 Å². The summed E-state index contributed by atoms with van der Waals surface area (Å²) >= 11 is 0. The highest BCUT2D eigenvalue weighted by Gasteiger charge is 2.60. The molecular weight excluding hydrogens is 486 g/mol. The second-order valence-corrected chi connectivity index (χ2v) is 14.2. The van der Waals surface area contributed by atoms with Crippen LogP contribution in [0.15, 0.2) is 30.3 Å². The minimum atomic E-state index is -0.652. The summed E-state index contributed by atoms with van der Waals surface area (Å²) in [7, 11) is 1.38. The molecule has 0 unspecified atom stereocenters. The number of aliphatic hydroxyl groups excluding tert-OH is 1. The van der Waals surface area contributed by atoms with Crippen LogP contribution in [0.5, 0.6) is 0 Å². The predicted octanol–water partition coefficient (Wildman–Crippen LogP) is 6.32. The quantitative estimate of drug-likeness (QED) is 0.380. The maximum absolute atomic E-state index is 13.0. The van der Waals surface area contributed by atoms with Gasteiger partial charge in [-0.3, -0.25) is 4.79 Å². The van der Waals surface area contributed by atoms with Crippen LogP contribution in [0.25, 0.3) is 0 Å². The molecule has 1 amide bonds. The number of benzene rings is 1. The van der Waals surface area contributed by atoms with Crippen LogP contribution in [-0.4, -0.2) is 36.2 Å². The van der Waals surface area contributed by atoms with Gasteiger partial charge in [-0.25, -0.2) is 4.79 Å². The summed E-state index contributed by atoms with van der Waals surface area (Å²) in [6, 6.07) is 9.13. The largest absolute Gasteiger partial charge is 0.467 e. The Kier molecular flexibility index (Phi) is 8.48. The van der Waals surface area contributed by atoms with Crippen molar-refractivity contribution in [1.29, 1.82) is 0 Å². The Labute approximate surface area is 235 Å². The molecule has 0 saturated heterocycles. The highest BCUT2D eigenvalue weighted by molar-refractivity contribution is 5.84. The van der Waals surface area contributed by atoms with Crippen LogP contribution in [-0.2, 0) is 20.7 Å². The predicted molar refractivity (Wildman–Crippen MR) is 154 cm³/mol. The van der Waals surface area contributed by atoms with Crippen molar-refractivity contribution in [3.05, 3.63) is 35.9 Å². The lowest BCUT2D eigenvalue weighted by Gasteiger charge is -2.61. The number of esters is 1. The molecule has 0 aromatic heterocycles. The second kappa shape index (κ2) is 11.5. The number of aliphatic hydroxyl groups is 1. The summed E-state index contributed by atoms with van der Waals surface area (Å²) in [5.74, 6) is 3.87. The van der Waals surface area contributed by atoms with Crippen molar-refractivity contribution < 1.29 is 19.4 Å². The Balaban J connectivity index is 1.18. The van der Waals surface area contributed by atoms with Crippen LogP contribution in [0.1, 0.15) is 97.0 Å². The summed E-state index contributed by atoms with van der Waals surface area (Å²) in [6.07, 6.45) is 12.8. The molecule has 0 spiro atoms. The van der Waals surface area contributed by atoms with Crippen LogP contribution in [0, 0.1) is 46.3 Å². The van der Waals surface area contributed by atoms with Crippen molar-refractivity contribution in [2.24, 2.45) is 46.3 Å². The average molecular weight is 538 g/mol. The van der Waals surface area contributed by atoms with Crippen molar-refractivity contribution in [2.75, 3.05) is 7.11 Å². The van der Waals surface area contributed by atoms with E-state index in [1.165, 1.54) is 52.1 Å². The molecule has 216 valence electrons. The van der Waals surface area contributed by atoms with E-state index >= 15 is 0 Å². The highest BCUT2D eigenvalue weighted by atomic mass is 16.5. The number of amides is 1. The summed E-state index contributed by atoms with van der Waals surface area (Å²) < 4.78 is 4.99. The van der Waals surface area contributed by atoms with Gasteiger partial charge in [-0.2, -0.15) is 0 Å². The molecule has 1 aromatic rings. The van der Waals surface area contributed by atoms with Gasteiger partial charge in [-0.15, -0.1) is 0 Å². The first-order valence-corrected chi connectivity index (χ1v) is 15.7. The van der Waals surface area contributed by atoms with Gasteiger partial charge in [0.2, 0.25) is 5.91 Å². The van der Waals surface area contributed by atoms with Crippen molar-refractivity contribution in [1.82, 2.24) is 5.32 Å². The van der Waals surface area contributed by atoms with E-state index in [4.69, 9.17) is 4.74 Å². The number of hydrogen-bond donors (Lipinski definition) is 2. The lowest BCUT2D eigenvalue weighted by molar-refractivity contribution is -0.145. The Hall–Kier alpha value is -1.88. The fourth-order valence-electron chi connectivity index (χ4n) is 10.2. The van der Waals surface area contributed by atoms with Crippen LogP contribution < -0.4 is 5.32 Å². The van der Waals surface area contributed by atoms with Crippen molar-refractivity contribution in [3.8, 4) is 0 Å². The van der Waals surface area contributed by atoms with E-state index in [2.05, 4.69) is 26.1 Å². The molecular formula is C34H51NO4. The molecule has 10 atom stereocenters. The molecule has 2 N–H and O–H groups in total. The standard InChI is InChI=1S/C34H51NO4/c1-22(10-15-31(37)35-30(32(38)39-4)20-23-8-6-5-7-9-23)27-13-14-28-26-12-11-24-21-25(36)16-18-33(24,2)29(26)17-19-34(27,28)3/h5-9,22,24-30,36H,10-21H2,1-4H3,(H,35,37)/t22-,24-,25-,26+,27-,28+,29+,30-,33+,34-/m1/s1. The minimum Gasteiger partial charge on any atom is -0.467 e. The molecule has 0 bridgehead atoms. The van der Waals surface area contributed by atoms with Gasteiger partial charge in [0.1, 0.15) is 6.04 Å². The van der Waals surface area contributed by atoms with Gasteiger partial charge in [-0.1, -0.05) is 51.1 Å². The monoisotopic (exact) mass is 537 g/mol. The Morgan fingerprint density at radius 1 is 1.00 bits per heavy atom. The molecule has 4 aliphatic carbocycles. The van der Waals surface area contributed by atoms with Crippen LogP contribution in [0.4, 0.5) is 0 Å². The summed E-state index contributed by atoms with van der Waals surface area (Å²) in [5.41, 5.74) is 1.80. The van der Waals surface area contributed by atoms with Gasteiger partial charge in [0.15, 0.2) is 0 Å². The molecule has 4 saturated carbocycles. The zero-order chi connectivity index (χ0) is 27.8. The third-order valence-electron chi connectivity index (χ3n) is 12.3. The van der Waals surface area contributed by atoms with E-state index in [9.17, 15) is 14.7 Å². The molecule has 39 heavy (non-hydrogen) atoms. The van der Waals surface area contributed by atoms with E-state index in [-0.39, 0.29) is 18.0 Å². The second-order valence-electron chi connectivity index (χ2n) is 14.2. The van der Waals surface area contributed by atoms with Crippen LogP contribution in [0.2, 0.25) is 0 Å². The van der Waals surface area contributed by atoms with E-state index in [1.807, 2.05) is 30.3 Å². The zero-order valence-corrected chi connectivity index (χ0v) is 24.7. The summed E-state index contributed by atoms with van der Waals surface area (Å²) in [4.78, 5) is 25.4. The number of nitrogens with one attached hydrogen (secondary N) is 1. The van der Waals surface area contributed by atoms with E-state index in [0.29, 0.717) is 41.4 Å². The minimum absolute atomic E-state index is 0.0534. The number of carbonyl (C=O) groups excluding carboxylic acids is 2. The van der Waals surface area contributed by atoms with E-state index in [0.717, 1.165) is 42.6 Å². The summed E-state index contributed by atoms with van der Waals surface area (Å²) in [5, 5.41) is 13.3. The topological polar surface area (TPSA) is 75.6 Å². The van der Waals surface area contributed by atoms with Gasteiger partial charge < -0.3 is 15.2 Å². The van der Waals surface area contributed by atoms with Gasteiger partial charge in [0.05, 0.1) is 13.2 Å². The van der Waals surface area contributed by atoms with Gasteiger partial charge >= 0.3 is 5.97 Å². The Bertz CT molecular complexity index is 1010. The molecule has 1 aromatic carbocycles. The molecule has 5 heteroatoms. The molecule has 5 rings (SSSR count). The number of fused-ring (bicyclic) bond motifs is 5. The molecule has 4 aliphatic rings. The third-order valence-corrected chi connectivity index (χ3v) is 12.3. The maximum atomic E-state index is 13.0.